The number of aryl methyl sites for hydroxylation is 1. The quantitative estimate of drug-likeness (QED) is 0.782. The van der Waals surface area contributed by atoms with Gasteiger partial charge in [0.2, 0.25) is 0 Å². The average molecular weight is 241 g/mol. The monoisotopic (exact) mass is 240 g/mol. The van der Waals surface area contributed by atoms with Crippen LogP contribution in [0.15, 0.2) is 12.1 Å². The fourth-order valence-corrected chi connectivity index (χ4v) is 2.10. The summed E-state index contributed by atoms with van der Waals surface area (Å²) in [7, 11) is 0. The third-order valence-corrected chi connectivity index (χ3v) is 3.19. The summed E-state index contributed by atoms with van der Waals surface area (Å²) < 4.78 is 5.43. The molecule has 1 fully saturated rings. The van der Waals surface area contributed by atoms with Gasteiger partial charge in [-0.2, -0.15) is 0 Å². The number of nitrogens with one attached hydrogen (secondary N) is 1. The van der Waals surface area contributed by atoms with E-state index in [1.54, 1.807) is 0 Å². The van der Waals surface area contributed by atoms with E-state index in [1.807, 2.05) is 19.1 Å². The summed E-state index contributed by atoms with van der Waals surface area (Å²) in [4.78, 5) is 0. The summed E-state index contributed by atoms with van der Waals surface area (Å²) >= 11 is 6.01. The molecule has 4 heteroatoms. The Morgan fingerprint density at radius 2 is 2.31 bits per heavy atom. The van der Waals surface area contributed by atoms with Gasteiger partial charge in [-0.25, -0.2) is 0 Å². The van der Waals surface area contributed by atoms with Crippen LogP contribution >= 0.6 is 11.6 Å². The molecule has 1 heterocycles. The molecule has 88 valence electrons. The highest BCUT2D eigenvalue weighted by Gasteiger charge is 2.14. The first-order valence-corrected chi connectivity index (χ1v) is 5.94. The van der Waals surface area contributed by atoms with Crippen LogP contribution in [0.4, 0.5) is 11.4 Å². The molecule has 1 aromatic rings. The molecule has 1 aromatic carbocycles. The predicted molar refractivity (Wildman–Crippen MR) is 68.1 cm³/mol. The summed E-state index contributed by atoms with van der Waals surface area (Å²) in [5.41, 5.74) is 8.54. The topological polar surface area (TPSA) is 47.3 Å². The highest BCUT2D eigenvalue weighted by Crippen LogP contribution is 2.27. The number of hydrogen-bond acceptors (Lipinski definition) is 3. The molecule has 1 aliphatic rings. The minimum Gasteiger partial charge on any atom is -0.398 e. The lowest BCUT2D eigenvalue weighted by Crippen LogP contribution is -2.30. The van der Waals surface area contributed by atoms with Gasteiger partial charge < -0.3 is 15.8 Å². The highest BCUT2D eigenvalue weighted by molar-refractivity contribution is 6.33. The van der Waals surface area contributed by atoms with Gasteiger partial charge in [-0.15, -0.1) is 0 Å². The first-order valence-electron chi connectivity index (χ1n) is 5.56. The molecule has 1 atom stereocenters. The Hall–Kier alpha value is -0.930. The first-order chi connectivity index (χ1) is 7.66. The van der Waals surface area contributed by atoms with Gasteiger partial charge in [0.1, 0.15) is 0 Å². The maximum Gasteiger partial charge on any atom is 0.0667 e. The molecule has 3 nitrogen and oxygen atoms in total. The van der Waals surface area contributed by atoms with Crippen LogP contribution in [0.25, 0.3) is 0 Å². The van der Waals surface area contributed by atoms with Crippen LogP contribution in [0, 0.1) is 6.92 Å². The normalized spacial score (nSPS) is 20.8. The van der Waals surface area contributed by atoms with Gasteiger partial charge in [0, 0.05) is 18.3 Å². The van der Waals surface area contributed by atoms with Gasteiger partial charge in [-0.05, 0) is 37.5 Å². The Morgan fingerprint density at radius 3 is 3.00 bits per heavy atom. The van der Waals surface area contributed by atoms with Gasteiger partial charge in [-0.1, -0.05) is 11.6 Å². The van der Waals surface area contributed by atoms with E-state index in [1.165, 1.54) is 0 Å². The van der Waals surface area contributed by atoms with Gasteiger partial charge in [0.05, 0.1) is 17.3 Å². The molecular formula is C12H17ClN2O. The number of nitrogen functional groups attached to an aromatic ring is 1. The number of hydrogen-bond donors (Lipinski definition) is 2. The Balaban J connectivity index is 2.11. The van der Waals surface area contributed by atoms with Crippen molar-refractivity contribution >= 4 is 23.0 Å². The Kier molecular flexibility index (Phi) is 3.56. The summed E-state index contributed by atoms with van der Waals surface area (Å²) in [6.07, 6.45) is 2.25. The van der Waals surface area contributed by atoms with Crippen molar-refractivity contribution in [1.82, 2.24) is 0 Å². The van der Waals surface area contributed by atoms with Crippen molar-refractivity contribution < 1.29 is 4.74 Å². The smallest absolute Gasteiger partial charge is 0.0667 e. The maximum absolute atomic E-state index is 6.01. The van der Waals surface area contributed by atoms with Crippen LogP contribution in [-0.2, 0) is 4.74 Å². The van der Waals surface area contributed by atoms with Gasteiger partial charge in [0.15, 0.2) is 0 Å². The maximum atomic E-state index is 6.01. The molecule has 0 spiro atoms. The Bertz CT molecular complexity index is 376. The predicted octanol–water partition coefficient (Wildman–Crippen LogP) is 2.82. The highest BCUT2D eigenvalue weighted by atomic mass is 35.5. The lowest BCUT2D eigenvalue weighted by atomic mass is 10.1. The molecule has 16 heavy (non-hydrogen) atoms. The van der Waals surface area contributed by atoms with Crippen molar-refractivity contribution in [2.24, 2.45) is 0 Å². The lowest BCUT2D eigenvalue weighted by Gasteiger charge is -2.25. The Labute approximate surface area is 101 Å². The summed E-state index contributed by atoms with van der Waals surface area (Å²) in [6, 6.07) is 4.17. The van der Waals surface area contributed by atoms with E-state index in [0.29, 0.717) is 16.8 Å². The SMILES string of the molecule is Cc1cc(N)c(Cl)cc1NC1CCCOC1. The standard InChI is InChI=1S/C12H17ClN2O/c1-8-5-11(14)10(13)6-12(8)15-9-3-2-4-16-7-9/h5-6,9,15H,2-4,7,14H2,1H3. The largest absolute Gasteiger partial charge is 0.398 e. The van der Waals surface area contributed by atoms with Gasteiger partial charge in [-0.3, -0.25) is 0 Å². The fourth-order valence-electron chi connectivity index (χ4n) is 1.93. The second kappa shape index (κ2) is 4.93. The minimum atomic E-state index is 0.382. The van der Waals surface area contributed by atoms with E-state index in [-0.39, 0.29) is 0 Å². The van der Waals surface area contributed by atoms with Crippen molar-refractivity contribution in [2.75, 3.05) is 24.3 Å². The van der Waals surface area contributed by atoms with Crippen LogP contribution in [0.2, 0.25) is 5.02 Å². The van der Waals surface area contributed by atoms with Crippen molar-refractivity contribution in [3.8, 4) is 0 Å². The van der Waals surface area contributed by atoms with Crippen LogP contribution in [0.3, 0.4) is 0 Å². The molecule has 0 bridgehead atoms. The Morgan fingerprint density at radius 1 is 1.50 bits per heavy atom. The molecule has 1 aliphatic heterocycles. The molecule has 0 radical (unpaired) electrons. The number of halogens is 1. The van der Waals surface area contributed by atoms with Crippen molar-refractivity contribution in [1.29, 1.82) is 0 Å². The zero-order valence-corrected chi connectivity index (χ0v) is 10.2. The van der Waals surface area contributed by atoms with E-state index in [4.69, 9.17) is 22.1 Å². The first kappa shape index (κ1) is 11.6. The third-order valence-electron chi connectivity index (χ3n) is 2.86. The summed E-state index contributed by atoms with van der Waals surface area (Å²) in [5.74, 6) is 0. The van der Waals surface area contributed by atoms with Crippen molar-refractivity contribution in [3.05, 3.63) is 22.7 Å². The van der Waals surface area contributed by atoms with E-state index in [0.717, 1.165) is 37.3 Å². The summed E-state index contributed by atoms with van der Waals surface area (Å²) in [6.45, 7) is 3.67. The molecule has 0 amide bonds. The molecule has 0 saturated carbocycles. The minimum absolute atomic E-state index is 0.382. The zero-order valence-electron chi connectivity index (χ0n) is 9.42. The molecule has 1 saturated heterocycles. The van der Waals surface area contributed by atoms with Crippen LogP contribution in [-0.4, -0.2) is 19.3 Å². The third kappa shape index (κ3) is 2.60. The molecule has 3 N–H and O–H groups in total. The molecule has 0 aromatic heterocycles. The van der Waals surface area contributed by atoms with E-state index in [2.05, 4.69) is 5.32 Å². The van der Waals surface area contributed by atoms with E-state index in [9.17, 15) is 0 Å². The van der Waals surface area contributed by atoms with E-state index < -0.39 is 0 Å². The summed E-state index contributed by atoms with van der Waals surface area (Å²) in [5, 5.41) is 4.05. The number of anilines is 2. The van der Waals surface area contributed by atoms with Gasteiger partial charge in [0.25, 0.3) is 0 Å². The van der Waals surface area contributed by atoms with Crippen LogP contribution < -0.4 is 11.1 Å². The van der Waals surface area contributed by atoms with E-state index >= 15 is 0 Å². The zero-order chi connectivity index (χ0) is 11.5. The average Bonchev–Trinajstić information content (AvgIpc) is 2.27. The fraction of sp³-hybridized carbons (Fsp3) is 0.500. The molecule has 0 aliphatic carbocycles. The second-order valence-corrected chi connectivity index (χ2v) is 4.65. The second-order valence-electron chi connectivity index (χ2n) is 4.25. The van der Waals surface area contributed by atoms with Crippen LogP contribution in [0.1, 0.15) is 18.4 Å². The number of nitrogens with two attached hydrogens (primary N) is 1. The number of rotatable bonds is 2. The van der Waals surface area contributed by atoms with Crippen molar-refractivity contribution in [3.63, 3.8) is 0 Å². The molecular weight excluding hydrogens is 224 g/mol. The lowest BCUT2D eigenvalue weighted by molar-refractivity contribution is 0.0876. The van der Waals surface area contributed by atoms with Gasteiger partial charge >= 0.3 is 0 Å². The number of benzene rings is 1. The number of ether oxygens (including phenoxy) is 1. The molecule has 2 rings (SSSR count). The molecule has 1 unspecified atom stereocenters. The van der Waals surface area contributed by atoms with Crippen LogP contribution in [0.5, 0.6) is 0 Å². The van der Waals surface area contributed by atoms with Crippen molar-refractivity contribution in [2.45, 2.75) is 25.8 Å².